The van der Waals surface area contributed by atoms with E-state index in [9.17, 15) is 18.0 Å². The predicted molar refractivity (Wildman–Crippen MR) is 110 cm³/mol. The molecule has 9 heteroatoms. The van der Waals surface area contributed by atoms with Gasteiger partial charge in [0.25, 0.3) is 5.91 Å². The number of hydrogen-bond acceptors (Lipinski definition) is 5. The fourth-order valence-electron chi connectivity index (χ4n) is 3.06. The van der Waals surface area contributed by atoms with Gasteiger partial charge >= 0.3 is 0 Å². The molecule has 2 rings (SSSR count). The lowest BCUT2D eigenvalue weighted by atomic mass is 10.1. The maximum absolute atomic E-state index is 13.1. The van der Waals surface area contributed by atoms with Gasteiger partial charge in [0, 0.05) is 30.7 Å². The van der Waals surface area contributed by atoms with Crippen molar-refractivity contribution in [3.8, 4) is 0 Å². The van der Waals surface area contributed by atoms with Crippen LogP contribution in [-0.4, -0.2) is 74.4 Å². The van der Waals surface area contributed by atoms with Gasteiger partial charge < -0.3 is 15.0 Å². The van der Waals surface area contributed by atoms with E-state index in [1.165, 1.54) is 21.3 Å². The zero-order valence-electron chi connectivity index (χ0n) is 17.8. The molecule has 1 fully saturated rings. The van der Waals surface area contributed by atoms with Crippen molar-refractivity contribution in [2.75, 3.05) is 39.4 Å². The Hall–Kier alpha value is -1.97. The minimum Gasteiger partial charge on any atom is -0.379 e. The molecule has 1 aromatic rings. The van der Waals surface area contributed by atoms with Gasteiger partial charge in [-0.1, -0.05) is 6.07 Å². The average molecular weight is 426 g/mol. The SMILES string of the molecule is CCN(CC(=O)NC(C)(C)C)C(=O)c1cc(S(=O)(=O)N2CCOCC2)ccc1C. The largest absolute Gasteiger partial charge is 0.379 e. The summed E-state index contributed by atoms with van der Waals surface area (Å²) in [6, 6.07) is 4.55. The predicted octanol–water partition coefficient (Wildman–Crippen LogP) is 1.39. The van der Waals surface area contributed by atoms with E-state index in [0.29, 0.717) is 25.3 Å². The smallest absolute Gasteiger partial charge is 0.254 e. The van der Waals surface area contributed by atoms with Crippen LogP contribution in [0.1, 0.15) is 43.6 Å². The number of sulfonamides is 1. The molecule has 1 aliphatic heterocycles. The average Bonchev–Trinajstić information content (AvgIpc) is 2.65. The third-order valence-electron chi connectivity index (χ3n) is 4.57. The molecule has 29 heavy (non-hydrogen) atoms. The summed E-state index contributed by atoms with van der Waals surface area (Å²) in [5, 5.41) is 2.84. The van der Waals surface area contributed by atoms with Crippen molar-refractivity contribution < 1.29 is 22.7 Å². The molecular weight excluding hydrogens is 394 g/mol. The normalized spacial score (nSPS) is 15.8. The quantitative estimate of drug-likeness (QED) is 0.743. The Labute approximate surface area is 173 Å². The number of ether oxygens (including phenoxy) is 1. The van der Waals surface area contributed by atoms with Gasteiger partial charge in [-0.2, -0.15) is 4.31 Å². The maximum Gasteiger partial charge on any atom is 0.254 e. The van der Waals surface area contributed by atoms with E-state index < -0.39 is 15.6 Å². The molecule has 0 atom stereocenters. The molecule has 0 bridgehead atoms. The zero-order valence-corrected chi connectivity index (χ0v) is 18.6. The van der Waals surface area contributed by atoms with Gasteiger partial charge in [-0.15, -0.1) is 0 Å². The van der Waals surface area contributed by atoms with Crippen LogP contribution < -0.4 is 5.32 Å². The van der Waals surface area contributed by atoms with Crippen molar-refractivity contribution in [3.63, 3.8) is 0 Å². The van der Waals surface area contributed by atoms with E-state index in [4.69, 9.17) is 4.74 Å². The Balaban J connectivity index is 2.27. The van der Waals surface area contributed by atoms with Crippen LogP contribution >= 0.6 is 0 Å². The summed E-state index contributed by atoms with van der Waals surface area (Å²) in [6.07, 6.45) is 0. The molecule has 0 aliphatic carbocycles. The van der Waals surface area contributed by atoms with E-state index in [1.54, 1.807) is 19.9 Å². The molecule has 0 aromatic heterocycles. The summed E-state index contributed by atoms with van der Waals surface area (Å²) < 4.78 is 32.4. The molecule has 1 saturated heterocycles. The molecule has 0 saturated carbocycles. The fourth-order valence-corrected chi connectivity index (χ4v) is 4.49. The minimum absolute atomic E-state index is 0.0727. The topological polar surface area (TPSA) is 96.0 Å². The Bertz CT molecular complexity index is 855. The van der Waals surface area contributed by atoms with Gasteiger partial charge in [-0.25, -0.2) is 8.42 Å². The monoisotopic (exact) mass is 425 g/mol. The molecule has 162 valence electrons. The first-order valence-corrected chi connectivity index (χ1v) is 11.2. The summed E-state index contributed by atoms with van der Waals surface area (Å²) in [5.41, 5.74) is 0.539. The number of nitrogens with one attached hydrogen (secondary N) is 1. The second-order valence-corrected chi connectivity index (χ2v) is 10.0. The lowest BCUT2D eigenvalue weighted by molar-refractivity contribution is -0.123. The molecule has 2 amide bonds. The Kier molecular flexibility index (Phi) is 7.42. The van der Waals surface area contributed by atoms with Crippen LogP contribution in [0.3, 0.4) is 0 Å². The highest BCUT2D eigenvalue weighted by molar-refractivity contribution is 7.89. The van der Waals surface area contributed by atoms with Crippen LogP contribution in [-0.2, 0) is 19.6 Å². The first kappa shape index (κ1) is 23.3. The molecule has 0 radical (unpaired) electrons. The second kappa shape index (κ2) is 9.23. The zero-order chi connectivity index (χ0) is 21.8. The number of carbonyl (C=O) groups is 2. The number of aryl methyl sites for hydroxylation is 1. The Morgan fingerprint density at radius 3 is 2.38 bits per heavy atom. The lowest BCUT2D eigenvalue weighted by Crippen LogP contribution is -2.47. The number of carbonyl (C=O) groups excluding carboxylic acids is 2. The van der Waals surface area contributed by atoms with Crippen molar-refractivity contribution in [2.45, 2.75) is 45.1 Å². The van der Waals surface area contributed by atoms with E-state index in [-0.39, 0.29) is 41.9 Å². The lowest BCUT2D eigenvalue weighted by Gasteiger charge is -2.27. The van der Waals surface area contributed by atoms with Crippen molar-refractivity contribution in [1.82, 2.24) is 14.5 Å². The first-order valence-electron chi connectivity index (χ1n) is 9.74. The summed E-state index contributed by atoms with van der Waals surface area (Å²) >= 11 is 0. The first-order chi connectivity index (χ1) is 13.5. The number of hydrogen-bond donors (Lipinski definition) is 1. The summed E-state index contributed by atoms with van der Waals surface area (Å²) in [6.45, 7) is 10.7. The van der Waals surface area contributed by atoms with Crippen molar-refractivity contribution in [1.29, 1.82) is 0 Å². The number of nitrogens with zero attached hydrogens (tertiary/aromatic N) is 2. The highest BCUT2D eigenvalue weighted by Gasteiger charge is 2.28. The summed E-state index contributed by atoms with van der Waals surface area (Å²) in [4.78, 5) is 26.8. The number of benzene rings is 1. The third-order valence-corrected chi connectivity index (χ3v) is 6.46. The maximum atomic E-state index is 13.1. The molecule has 0 spiro atoms. The number of morpholine rings is 1. The number of rotatable bonds is 6. The van der Waals surface area contributed by atoms with Gasteiger partial charge in [0.05, 0.1) is 24.7 Å². The van der Waals surface area contributed by atoms with Crippen LogP contribution in [0.4, 0.5) is 0 Å². The Morgan fingerprint density at radius 2 is 1.83 bits per heavy atom. The van der Waals surface area contributed by atoms with Crippen molar-refractivity contribution in [2.24, 2.45) is 0 Å². The number of amides is 2. The van der Waals surface area contributed by atoms with Gasteiger partial charge in [0.1, 0.15) is 0 Å². The second-order valence-electron chi connectivity index (χ2n) is 8.11. The minimum atomic E-state index is -3.71. The van der Waals surface area contributed by atoms with Gasteiger partial charge in [0.2, 0.25) is 15.9 Å². The van der Waals surface area contributed by atoms with E-state index >= 15 is 0 Å². The Morgan fingerprint density at radius 1 is 1.21 bits per heavy atom. The van der Waals surface area contributed by atoms with Crippen molar-refractivity contribution >= 4 is 21.8 Å². The molecule has 1 aromatic carbocycles. The van der Waals surface area contributed by atoms with Gasteiger partial charge in [-0.3, -0.25) is 9.59 Å². The molecule has 1 N–H and O–H groups in total. The molecule has 8 nitrogen and oxygen atoms in total. The number of likely N-dealkylation sites (N-methyl/N-ethyl adjacent to an activating group) is 1. The molecule has 1 heterocycles. The van der Waals surface area contributed by atoms with Crippen LogP contribution in [0.15, 0.2) is 23.1 Å². The highest BCUT2D eigenvalue weighted by Crippen LogP contribution is 2.21. The third kappa shape index (κ3) is 6.01. The summed E-state index contributed by atoms with van der Waals surface area (Å²) in [7, 11) is -3.71. The molecule has 1 aliphatic rings. The van der Waals surface area contributed by atoms with Gasteiger partial charge in [0.15, 0.2) is 0 Å². The molecular formula is C20H31N3O5S. The van der Waals surface area contributed by atoms with E-state index in [2.05, 4.69) is 5.32 Å². The van der Waals surface area contributed by atoms with E-state index in [1.807, 2.05) is 20.8 Å². The van der Waals surface area contributed by atoms with Crippen molar-refractivity contribution in [3.05, 3.63) is 29.3 Å². The standard InChI is InChI=1S/C20H31N3O5S/c1-6-22(14-18(24)21-20(3,4)5)19(25)17-13-16(8-7-15(17)2)29(26,27)23-9-11-28-12-10-23/h7-8,13H,6,9-12,14H2,1-5H3,(H,21,24). The van der Waals surface area contributed by atoms with Crippen LogP contribution in [0.2, 0.25) is 0 Å². The highest BCUT2D eigenvalue weighted by atomic mass is 32.2. The van der Waals surface area contributed by atoms with Gasteiger partial charge in [-0.05, 0) is 52.3 Å². The van der Waals surface area contributed by atoms with Crippen LogP contribution in [0, 0.1) is 6.92 Å². The fraction of sp³-hybridized carbons (Fsp3) is 0.600. The van der Waals surface area contributed by atoms with Crippen LogP contribution in [0.25, 0.3) is 0 Å². The van der Waals surface area contributed by atoms with E-state index in [0.717, 1.165) is 0 Å². The summed E-state index contributed by atoms with van der Waals surface area (Å²) in [5.74, 6) is -0.629. The molecule has 0 unspecified atom stereocenters. The van der Waals surface area contributed by atoms with Crippen LogP contribution in [0.5, 0.6) is 0 Å².